The maximum absolute atomic E-state index is 12.9. The molecule has 0 bridgehead atoms. The quantitative estimate of drug-likeness (QED) is 0.442. The molecule has 0 saturated heterocycles. The molecular formula is C18H19ClN4O2S. The number of aromatic nitrogens is 2. The Morgan fingerprint density at radius 3 is 2.73 bits per heavy atom. The maximum atomic E-state index is 12.9. The molecule has 0 fully saturated rings. The van der Waals surface area contributed by atoms with Crippen LogP contribution in [0.3, 0.4) is 0 Å². The highest BCUT2D eigenvalue weighted by molar-refractivity contribution is 7.99. The molecule has 0 amide bonds. The number of halogens is 1. The van der Waals surface area contributed by atoms with E-state index in [1.54, 1.807) is 22.8 Å². The van der Waals surface area contributed by atoms with Crippen LogP contribution in [-0.2, 0) is 11.3 Å². The van der Waals surface area contributed by atoms with Gasteiger partial charge in [-0.05, 0) is 31.0 Å². The van der Waals surface area contributed by atoms with Crippen molar-refractivity contribution in [1.82, 2.24) is 9.55 Å². The van der Waals surface area contributed by atoms with Gasteiger partial charge in [-0.3, -0.25) is 14.2 Å². The molecule has 8 heteroatoms. The lowest BCUT2D eigenvalue weighted by molar-refractivity contribution is -0.117. The summed E-state index contributed by atoms with van der Waals surface area (Å²) in [5.74, 6) is -1.26. The van der Waals surface area contributed by atoms with Gasteiger partial charge >= 0.3 is 0 Å². The molecule has 1 aromatic carbocycles. The summed E-state index contributed by atoms with van der Waals surface area (Å²) in [7, 11) is 0. The Bertz CT molecular complexity index is 962. The van der Waals surface area contributed by atoms with E-state index in [4.69, 9.17) is 22.3 Å². The first-order valence-electron chi connectivity index (χ1n) is 8.04. The number of carbonyl (C=O) groups is 1. The van der Waals surface area contributed by atoms with Crippen molar-refractivity contribution in [2.45, 2.75) is 32.5 Å². The highest BCUT2D eigenvalue weighted by Crippen LogP contribution is 2.22. The van der Waals surface area contributed by atoms with Gasteiger partial charge in [0.15, 0.2) is 10.9 Å². The Morgan fingerprint density at radius 2 is 2.15 bits per heavy atom. The van der Waals surface area contributed by atoms with Gasteiger partial charge in [0.1, 0.15) is 5.92 Å². The van der Waals surface area contributed by atoms with E-state index >= 15 is 0 Å². The lowest BCUT2D eigenvalue weighted by atomic mass is 10.0. The van der Waals surface area contributed by atoms with Crippen molar-refractivity contribution in [3.05, 3.63) is 33.6 Å². The number of nitrogens with one attached hydrogen (secondary N) is 1. The third-order valence-electron chi connectivity index (χ3n) is 3.66. The topological polar surface area (TPSA) is 99.6 Å². The normalized spacial score (nSPS) is 12.2. The van der Waals surface area contributed by atoms with Gasteiger partial charge in [-0.1, -0.05) is 37.2 Å². The molecule has 6 nitrogen and oxygen atoms in total. The second kappa shape index (κ2) is 8.47. The first-order valence-corrected chi connectivity index (χ1v) is 9.41. The zero-order chi connectivity index (χ0) is 19.4. The minimum absolute atomic E-state index is 0.0128. The molecule has 1 N–H and O–H groups in total. The van der Waals surface area contributed by atoms with Crippen LogP contribution in [0.25, 0.3) is 10.9 Å². The fourth-order valence-electron chi connectivity index (χ4n) is 2.44. The van der Waals surface area contributed by atoms with Crippen molar-refractivity contribution in [2.24, 2.45) is 11.8 Å². The number of hydrogen-bond acceptors (Lipinski definition) is 6. The number of fused-ring (bicyclic) bond motifs is 1. The largest absolute Gasteiger partial charge is 0.308 e. The van der Waals surface area contributed by atoms with E-state index in [2.05, 4.69) is 4.98 Å². The summed E-state index contributed by atoms with van der Waals surface area (Å²) < 4.78 is 1.54. The predicted molar refractivity (Wildman–Crippen MR) is 104 cm³/mol. The number of hydrogen-bond donors (Lipinski definition) is 1. The van der Waals surface area contributed by atoms with Crippen LogP contribution in [0, 0.1) is 28.6 Å². The minimum Gasteiger partial charge on any atom is -0.308 e. The highest BCUT2D eigenvalue weighted by Gasteiger charge is 2.21. The van der Waals surface area contributed by atoms with Crippen LogP contribution in [0.1, 0.15) is 20.8 Å². The summed E-state index contributed by atoms with van der Waals surface area (Å²) >= 11 is 7.11. The standard InChI is InChI=1S/C18H19ClN4O2S/c1-10(2)8-23-17(25)13-6-12(19)4-5-15(13)22-18(23)26-9-16(24)14(7-20)11(3)21/h4-6,10,14,21H,8-9H2,1-3H3/t14-/m1/s1. The molecule has 1 heterocycles. The zero-order valence-electron chi connectivity index (χ0n) is 14.7. The second-order valence-electron chi connectivity index (χ2n) is 6.37. The molecule has 0 radical (unpaired) electrons. The summed E-state index contributed by atoms with van der Waals surface area (Å²) in [4.78, 5) is 29.6. The molecule has 1 atom stereocenters. The smallest absolute Gasteiger partial charge is 0.262 e. The van der Waals surface area contributed by atoms with Gasteiger partial charge in [-0.15, -0.1) is 0 Å². The SMILES string of the molecule is CC(=N)[C@@H](C#N)C(=O)CSc1nc2ccc(Cl)cc2c(=O)n1CC(C)C. The van der Waals surface area contributed by atoms with Crippen LogP contribution in [0.5, 0.6) is 0 Å². The molecule has 1 aromatic heterocycles. The van der Waals surface area contributed by atoms with Gasteiger partial charge in [0.2, 0.25) is 0 Å². The molecule has 0 aliphatic heterocycles. The van der Waals surface area contributed by atoms with E-state index in [9.17, 15) is 9.59 Å². The average Bonchev–Trinajstić information content (AvgIpc) is 2.56. The molecular weight excluding hydrogens is 372 g/mol. The molecule has 0 spiro atoms. The predicted octanol–water partition coefficient (Wildman–Crippen LogP) is 3.55. The van der Waals surface area contributed by atoms with Gasteiger partial charge in [0.05, 0.1) is 22.7 Å². The molecule has 0 aliphatic carbocycles. The lowest BCUT2D eigenvalue weighted by Crippen LogP contribution is -2.26. The van der Waals surface area contributed by atoms with E-state index in [-0.39, 0.29) is 28.7 Å². The van der Waals surface area contributed by atoms with E-state index in [0.717, 1.165) is 11.8 Å². The second-order valence-corrected chi connectivity index (χ2v) is 7.74. The first kappa shape index (κ1) is 20.1. The molecule has 0 aliphatic rings. The third-order valence-corrected chi connectivity index (χ3v) is 4.89. The zero-order valence-corrected chi connectivity index (χ0v) is 16.3. The van der Waals surface area contributed by atoms with Crippen molar-refractivity contribution in [2.75, 3.05) is 5.75 Å². The molecule has 136 valence electrons. The van der Waals surface area contributed by atoms with Crippen LogP contribution in [-0.4, -0.2) is 26.8 Å². The Hall–Kier alpha value is -2.17. The van der Waals surface area contributed by atoms with Gasteiger partial charge in [0.25, 0.3) is 5.56 Å². The first-order chi connectivity index (χ1) is 12.2. The fraction of sp³-hybridized carbons (Fsp3) is 0.389. The maximum Gasteiger partial charge on any atom is 0.262 e. The number of rotatable bonds is 7. The van der Waals surface area contributed by atoms with E-state index in [0.29, 0.717) is 27.6 Å². The van der Waals surface area contributed by atoms with Crippen LogP contribution in [0.2, 0.25) is 5.02 Å². The molecule has 2 aromatic rings. The number of nitriles is 1. The number of Topliss-reactive ketones (excluding diaryl/α,β-unsaturated/α-hetero) is 1. The summed E-state index contributed by atoms with van der Waals surface area (Å²) in [6.07, 6.45) is 0. The molecule has 0 unspecified atom stereocenters. The molecule has 26 heavy (non-hydrogen) atoms. The van der Waals surface area contributed by atoms with Gasteiger partial charge < -0.3 is 5.41 Å². The average molecular weight is 391 g/mol. The molecule has 2 rings (SSSR count). The summed E-state index contributed by atoms with van der Waals surface area (Å²) in [5.41, 5.74) is 0.314. The van der Waals surface area contributed by atoms with Crippen LogP contribution in [0.4, 0.5) is 0 Å². The van der Waals surface area contributed by atoms with Crippen molar-refractivity contribution >= 4 is 45.8 Å². The Balaban J connectivity index is 2.43. The van der Waals surface area contributed by atoms with Crippen LogP contribution >= 0.6 is 23.4 Å². The van der Waals surface area contributed by atoms with Crippen molar-refractivity contribution in [3.63, 3.8) is 0 Å². The monoisotopic (exact) mass is 390 g/mol. The summed E-state index contributed by atoms with van der Waals surface area (Å²) in [5, 5.41) is 17.9. The lowest BCUT2D eigenvalue weighted by Gasteiger charge is -2.15. The number of thioether (sulfide) groups is 1. The van der Waals surface area contributed by atoms with Crippen molar-refractivity contribution in [1.29, 1.82) is 10.7 Å². The van der Waals surface area contributed by atoms with Crippen molar-refractivity contribution in [3.8, 4) is 6.07 Å². The van der Waals surface area contributed by atoms with E-state index < -0.39 is 5.92 Å². The number of benzene rings is 1. The van der Waals surface area contributed by atoms with Gasteiger partial charge in [-0.2, -0.15) is 5.26 Å². The number of nitrogens with zero attached hydrogens (tertiary/aromatic N) is 3. The number of carbonyl (C=O) groups excluding carboxylic acids is 1. The third kappa shape index (κ3) is 4.51. The van der Waals surface area contributed by atoms with Gasteiger partial charge in [-0.25, -0.2) is 4.98 Å². The van der Waals surface area contributed by atoms with Crippen LogP contribution < -0.4 is 5.56 Å². The summed E-state index contributed by atoms with van der Waals surface area (Å²) in [6, 6.07) is 6.76. The van der Waals surface area contributed by atoms with E-state index in [1.807, 2.05) is 19.9 Å². The minimum atomic E-state index is -1.06. The Kier molecular flexibility index (Phi) is 6.57. The Labute approximate surface area is 160 Å². The highest BCUT2D eigenvalue weighted by atomic mass is 35.5. The Morgan fingerprint density at radius 1 is 1.46 bits per heavy atom. The molecule has 0 saturated carbocycles. The summed E-state index contributed by atoms with van der Waals surface area (Å²) in [6.45, 7) is 5.86. The van der Waals surface area contributed by atoms with Gasteiger partial charge in [0, 0.05) is 17.3 Å². The van der Waals surface area contributed by atoms with Crippen LogP contribution in [0.15, 0.2) is 28.2 Å². The number of ketones is 1. The van der Waals surface area contributed by atoms with E-state index in [1.165, 1.54) is 6.92 Å². The fourth-order valence-corrected chi connectivity index (χ4v) is 3.52. The van der Waals surface area contributed by atoms with Crippen molar-refractivity contribution < 1.29 is 4.79 Å².